The Morgan fingerprint density at radius 1 is 1.11 bits per heavy atom. The minimum Gasteiger partial charge on any atom is -0.399 e. The molecule has 0 aliphatic carbocycles. The second-order valence-electron chi connectivity index (χ2n) is 3.69. The number of anilines is 1. The summed E-state index contributed by atoms with van der Waals surface area (Å²) in [5, 5.41) is 7.58. The van der Waals surface area contributed by atoms with Crippen LogP contribution in [0.25, 0.3) is 17.0 Å². The highest BCUT2D eigenvalue weighted by Crippen LogP contribution is 2.26. The molecular weight excluding hydrogens is 240 g/mol. The molecule has 0 radical (unpaired) electrons. The first-order chi connectivity index (χ1) is 8.66. The lowest BCUT2D eigenvalue weighted by molar-refractivity contribution is 0.588. The fourth-order valence-corrected chi connectivity index (χ4v) is 1.72. The Bertz CT molecular complexity index is 714. The molecule has 0 saturated carbocycles. The second-order valence-corrected chi connectivity index (χ2v) is 3.69. The predicted molar refractivity (Wildman–Crippen MR) is 60.5 cm³/mol. The third kappa shape index (κ3) is 1.48. The molecule has 0 aliphatic heterocycles. The van der Waals surface area contributed by atoms with E-state index in [1.54, 1.807) is 6.07 Å². The second kappa shape index (κ2) is 3.73. The van der Waals surface area contributed by atoms with E-state index >= 15 is 0 Å². The molecule has 2 N–H and O–H groups in total. The molecule has 0 aliphatic rings. The van der Waals surface area contributed by atoms with E-state index in [-0.39, 0.29) is 17.1 Å². The Balaban J connectivity index is 2.33. The molecule has 3 rings (SSSR count). The van der Waals surface area contributed by atoms with E-state index in [9.17, 15) is 8.78 Å². The number of benzene rings is 1. The average Bonchev–Trinajstić information content (AvgIpc) is 2.72. The van der Waals surface area contributed by atoms with Crippen LogP contribution >= 0.6 is 0 Å². The Kier molecular flexibility index (Phi) is 2.19. The SMILES string of the molecule is Nc1cc(F)c(-c2nnc3ccncn23)c(F)c1. The highest BCUT2D eigenvalue weighted by Gasteiger charge is 2.18. The van der Waals surface area contributed by atoms with Gasteiger partial charge in [-0.2, -0.15) is 0 Å². The van der Waals surface area contributed by atoms with Gasteiger partial charge in [0.25, 0.3) is 0 Å². The minimum absolute atomic E-state index is 0.0145. The molecule has 0 saturated heterocycles. The number of nitrogen functional groups attached to an aromatic ring is 1. The van der Waals surface area contributed by atoms with Crippen molar-refractivity contribution in [2.75, 3.05) is 5.73 Å². The summed E-state index contributed by atoms with van der Waals surface area (Å²) >= 11 is 0. The molecule has 18 heavy (non-hydrogen) atoms. The molecule has 3 aromatic rings. The van der Waals surface area contributed by atoms with E-state index < -0.39 is 11.6 Å². The van der Waals surface area contributed by atoms with Crippen LogP contribution in [-0.4, -0.2) is 19.6 Å². The summed E-state index contributed by atoms with van der Waals surface area (Å²) in [5.41, 5.74) is 5.55. The summed E-state index contributed by atoms with van der Waals surface area (Å²) in [4.78, 5) is 3.86. The van der Waals surface area contributed by atoms with Crippen LogP contribution in [0, 0.1) is 11.6 Å². The summed E-state index contributed by atoms with van der Waals surface area (Å²) in [7, 11) is 0. The molecule has 0 unspecified atom stereocenters. The van der Waals surface area contributed by atoms with Crippen molar-refractivity contribution in [3.05, 3.63) is 42.4 Å². The highest BCUT2D eigenvalue weighted by molar-refractivity contribution is 5.63. The largest absolute Gasteiger partial charge is 0.399 e. The Morgan fingerprint density at radius 3 is 2.56 bits per heavy atom. The number of hydrogen-bond donors (Lipinski definition) is 1. The summed E-state index contributed by atoms with van der Waals surface area (Å²) in [6.45, 7) is 0. The van der Waals surface area contributed by atoms with E-state index in [4.69, 9.17) is 5.73 Å². The van der Waals surface area contributed by atoms with E-state index in [2.05, 4.69) is 15.2 Å². The van der Waals surface area contributed by atoms with Gasteiger partial charge in [-0.15, -0.1) is 10.2 Å². The van der Waals surface area contributed by atoms with Crippen molar-refractivity contribution in [1.29, 1.82) is 0 Å². The lowest BCUT2D eigenvalue weighted by Gasteiger charge is -2.04. The Hall–Kier alpha value is -2.57. The van der Waals surface area contributed by atoms with Crippen molar-refractivity contribution in [2.24, 2.45) is 0 Å². The molecular formula is C11H7F2N5. The van der Waals surface area contributed by atoms with Gasteiger partial charge >= 0.3 is 0 Å². The lowest BCUT2D eigenvalue weighted by atomic mass is 10.1. The van der Waals surface area contributed by atoms with Gasteiger partial charge in [0.05, 0.1) is 5.56 Å². The van der Waals surface area contributed by atoms with E-state index in [0.29, 0.717) is 5.65 Å². The van der Waals surface area contributed by atoms with Gasteiger partial charge in [0, 0.05) is 18.0 Å². The van der Waals surface area contributed by atoms with Gasteiger partial charge in [-0.1, -0.05) is 0 Å². The molecule has 90 valence electrons. The van der Waals surface area contributed by atoms with Crippen LogP contribution in [0.2, 0.25) is 0 Å². The molecule has 2 heterocycles. The van der Waals surface area contributed by atoms with Gasteiger partial charge in [0.1, 0.15) is 18.0 Å². The van der Waals surface area contributed by atoms with Crippen LogP contribution < -0.4 is 5.73 Å². The zero-order valence-corrected chi connectivity index (χ0v) is 9.01. The summed E-state index contributed by atoms with van der Waals surface area (Å²) in [6.07, 6.45) is 2.91. The van der Waals surface area contributed by atoms with Crippen molar-refractivity contribution < 1.29 is 8.78 Å². The molecule has 7 heteroatoms. The van der Waals surface area contributed by atoms with Crippen LogP contribution in [0.15, 0.2) is 30.7 Å². The smallest absolute Gasteiger partial charge is 0.175 e. The summed E-state index contributed by atoms with van der Waals surface area (Å²) in [5.74, 6) is -1.52. The van der Waals surface area contributed by atoms with Crippen LogP contribution in [0.4, 0.5) is 14.5 Å². The average molecular weight is 247 g/mol. The first kappa shape index (κ1) is 10.6. The molecule has 2 aromatic heterocycles. The Morgan fingerprint density at radius 2 is 1.83 bits per heavy atom. The van der Waals surface area contributed by atoms with Crippen molar-refractivity contribution in [3.8, 4) is 11.4 Å². The van der Waals surface area contributed by atoms with E-state index in [1.165, 1.54) is 16.9 Å². The number of nitrogens with zero attached hydrogens (tertiary/aromatic N) is 4. The molecule has 0 amide bonds. The molecule has 0 atom stereocenters. The summed E-state index contributed by atoms with van der Waals surface area (Å²) in [6, 6.07) is 3.66. The maximum absolute atomic E-state index is 13.8. The zero-order chi connectivity index (χ0) is 12.7. The normalized spacial score (nSPS) is 11.0. The Labute approximate surface area is 99.9 Å². The van der Waals surface area contributed by atoms with Gasteiger partial charge in [-0.05, 0) is 12.1 Å². The predicted octanol–water partition coefficient (Wildman–Crippen LogP) is 1.65. The van der Waals surface area contributed by atoms with Gasteiger partial charge < -0.3 is 5.73 Å². The maximum Gasteiger partial charge on any atom is 0.175 e. The number of aromatic nitrogens is 4. The lowest BCUT2D eigenvalue weighted by Crippen LogP contribution is -1.98. The van der Waals surface area contributed by atoms with Crippen molar-refractivity contribution in [3.63, 3.8) is 0 Å². The van der Waals surface area contributed by atoms with Gasteiger partial charge in [0.15, 0.2) is 11.5 Å². The maximum atomic E-state index is 13.8. The molecule has 0 bridgehead atoms. The number of fused-ring (bicyclic) bond motifs is 1. The number of hydrogen-bond acceptors (Lipinski definition) is 4. The van der Waals surface area contributed by atoms with Gasteiger partial charge in [0.2, 0.25) is 0 Å². The third-order valence-electron chi connectivity index (χ3n) is 2.50. The fraction of sp³-hybridized carbons (Fsp3) is 0. The number of rotatable bonds is 1. The molecule has 0 spiro atoms. The van der Waals surface area contributed by atoms with E-state index in [1.807, 2.05) is 0 Å². The van der Waals surface area contributed by atoms with Gasteiger partial charge in [-0.25, -0.2) is 13.8 Å². The summed E-state index contributed by atoms with van der Waals surface area (Å²) < 4.78 is 29.0. The van der Waals surface area contributed by atoms with Crippen molar-refractivity contribution in [1.82, 2.24) is 19.6 Å². The minimum atomic E-state index is -0.786. The monoisotopic (exact) mass is 247 g/mol. The first-order valence-corrected chi connectivity index (χ1v) is 5.06. The van der Waals surface area contributed by atoms with Crippen LogP contribution in [0.1, 0.15) is 0 Å². The highest BCUT2D eigenvalue weighted by atomic mass is 19.1. The molecule has 5 nitrogen and oxygen atoms in total. The topological polar surface area (TPSA) is 69.1 Å². The fourth-order valence-electron chi connectivity index (χ4n) is 1.72. The molecule has 1 aromatic carbocycles. The molecule has 0 fully saturated rings. The van der Waals surface area contributed by atoms with Crippen LogP contribution in [-0.2, 0) is 0 Å². The van der Waals surface area contributed by atoms with Crippen molar-refractivity contribution in [2.45, 2.75) is 0 Å². The first-order valence-electron chi connectivity index (χ1n) is 5.06. The quantitative estimate of drug-likeness (QED) is 0.664. The van der Waals surface area contributed by atoms with Crippen LogP contribution in [0.3, 0.4) is 0 Å². The third-order valence-corrected chi connectivity index (χ3v) is 2.50. The van der Waals surface area contributed by atoms with Gasteiger partial charge in [-0.3, -0.25) is 4.40 Å². The zero-order valence-electron chi connectivity index (χ0n) is 9.01. The van der Waals surface area contributed by atoms with Crippen LogP contribution in [0.5, 0.6) is 0 Å². The standard InChI is InChI=1S/C11H7F2N5/c12-7-3-6(14)4-8(13)10(7)11-17-16-9-1-2-15-5-18(9)11/h1-5H,14H2. The number of halogens is 2. The van der Waals surface area contributed by atoms with E-state index in [0.717, 1.165) is 12.1 Å². The number of nitrogens with two attached hydrogens (primary N) is 1. The van der Waals surface area contributed by atoms with Crippen molar-refractivity contribution >= 4 is 11.3 Å².